The van der Waals surface area contributed by atoms with Crippen molar-refractivity contribution < 1.29 is 4.74 Å². The third-order valence-electron chi connectivity index (χ3n) is 4.92. The van der Waals surface area contributed by atoms with Crippen LogP contribution in [0.3, 0.4) is 0 Å². The summed E-state index contributed by atoms with van der Waals surface area (Å²) in [5.41, 5.74) is 3.20. The molecule has 1 aliphatic carbocycles. The lowest BCUT2D eigenvalue weighted by molar-refractivity contribution is -0.0262. The molecule has 1 unspecified atom stereocenters. The summed E-state index contributed by atoms with van der Waals surface area (Å²) in [6.45, 7) is 8.38. The highest BCUT2D eigenvalue weighted by Gasteiger charge is 2.37. The molecule has 2 fully saturated rings. The summed E-state index contributed by atoms with van der Waals surface area (Å²) >= 11 is 0. The zero-order valence-electron chi connectivity index (χ0n) is 12.0. The van der Waals surface area contributed by atoms with E-state index in [1.165, 1.54) is 32.1 Å². The van der Waals surface area contributed by atoms with E-state index in [9.17, 15) is 0 Å². The highest BCUT2D eigenvalue weighted by Crippen LogP contribution is 2.32. The van der Waals surface area contributed by atoms with Gasteiger partial charge in [0.15, 0.2) is 0 Å². The number of nitrogens with one attached hydrogen (secondary N) is 1. The molecule has 0 aromatic heterocycles. The first kappa shape index (κ1) is 14.3. The molecule has 0 bridgehead atoms. The van der Waals surface area contributed by atoms with Crippen LogP contribution in [0.5, 0.6) is 0 Å². The average Bonchev–Trinajstić information content (AvgIpc) is 2.89. The molecular formula is C14H29N3O. The fraction of sp³-hybridized carbons (Fsp3) is 1.00. The minimum atomic E-state index is 0.112. The number of nitrogens with two attached hydrogens (primary N) is 1. The van der Waals surface area contributed by atoms with Gasteiger partial charge in [0, 0.05) is 24.7 Å². The molecule has 1 heterocycles. The molecule has 18 heavy (non-hydrogen) atoms. The van der Waals surface area contributed by atoms with E-state index < -0.39 is 0 Å². The smallest absolute Gasteiger partial charge is 0.0594 e. The van der Waals surface area contributed by atoms with Gasteiger partial charge in [-0.2, -0.15) is 0 Å². The van der Waals surface area contributed by atoms with Crippen LogP contribution in [0.15, 0.2) is 0 Å². The number of nitrogens with zero attached hydrogens (tertiary/aromatic N) is 1. The van der Waals surface area contributed by atoms with Crippen LogP contribution in [0.4, 0.5) is 0 Å². The summed E-state index contributed by atoms with van der Waals surface area (Å²) in [5, 5.41) is 0. The predicted molar refractivity (Wildman–Crippen MR) is 74.2 cm³/mol. The zero-order chi connectivity index (χ0) is 13.0. The maximum absolute atomic E-state index is 5.84. The highest BCUT2D eigenvalue weighted by atomic mass is 16.5. The van der Waals surface area contributed by atoms with Gasteiger partial charge in [-0.3, -0.25) is 16.2 Å². The van der Waals surface area contributed by atoms with Crippen molar-refractivity contribution in [2.24, 2.45) is 11.8 Å². The first-order chi connectivity index (χ1) is 8.64. The average molecular weight is 255 g/mol. The van der Waals surface area contributed by atoms with E-state index in [1.807, 2.05) is 0 Å². The number of hydrogen-bond acceptors (Lipinski definition) is 4. The van der Waals surface area contributed by atoms with E-state index in [0.29, 0.717) is 6.04 Å². The molecule has 1 saturated heterocycles. The van der Waals surface area contributed by atoms with Crippen LogP contribution in [-0.2, 0) is 4.74 Å². The molecule has 3 N–H and O–H groups in total. The van der Waals surface area contributed by atoms with Gasteiger partial charge in [-0.05, 0) is 26.2 Å². The van der Waals surface area contributed by atoms with Gasteiger partial charge in [-0.25, -0.2) is 0 Å². The van der Waals surface area contributed by atoms with Crippen LogP contribution in [0.1, 0.15) is 46.0 Å². The molecule has 4 nitrogen and oxygen atoms in total. The van der Waals surface area contributed by atoms with Crippen molar-refractivity contribution in [3.63, 3.8) is 0 Å². The van der Waals surface area contributed by atoms with E-state index in [1.54, 1.807) is 0 Å². The Morgan fingerprint density at radius 2 is 1.89 bits per heavy atom. The Hall–Kier alpha value is -0.160. The van der Waals surface area contributed by atoms with Crippen LogP contribution < -0.4 is 11.3 Å². The quantitative estimate of drug-likeness (QED) is 0.577. The fourth-order valence-electron chi connectivity index (χ4n) is 3.50. The molecule has 1 saturated carbocycles. The maximum Gasteiger partial charge on any atom is 0.0594 e. The van der Waals surface area contributed by atoms with Crippen molar-refractivity contribution in [1.29, 1.82) is 0 Å². The van der Waals surface area contributed by atoms with E-state index in [-0.39, 0.29) is 5.54 Å². The van der Waals surface area contributed by atoms with Crippen molar-refractivity contribution in [1.82, 2.24) is 10.3 Å². The summed E-state index contributed by atoms with van der Waals surface area (Å²) in [6.07, 6.45) is 6.79. The molecule has 0 aromatic carbocycles. The minimum absolute atomic E-state index is 0.112. The third kappa shape index (κ3) is 3.23. The molecular weight excluding hydrogens is 226 g/mol. The standard InChI is InChI=1S/C14H29N3O/c1-14(2,17-7-9-18-10-8-17)13(16-15)11-12-5-3-4-6-12/h12-13,16H,3-11,15H2,1-2H3. The Kier molecular flexibility index (Phi) is 5.01. The molecule has 1 atom stereocenters. The largest absolute Gasteiger partial charge is 0.379 e. The number of hydrogen-bond donors (Lipinski definition) is 2. The van der Waals surface area contributed by atoms with Crippen LogP contribution >= 0.6 is 0 Å². The Morgan fingerprint density at radius 1 is 1.28 bits per heavy atom. The summed E-state index contributed by atoms with van der Waals surface area (Å²) < 4.78 is 5.45. The molecule has 0 aromatic rings. The molecule has 106 valence electrons. The predicted octanol–water partition coefficient (Wildman–Crippen LogP) is 1.51. The number of hydrazine groups is 1. The van der Waals surface area contributed by atoms with Gasteiger partial charge in [0.05, 0.1) is 13.2 Å². The van der Waals surface area contributed by atoms with Gasteiger partial charge < -0.3 is 4.74 Å². The summed E-state index contributed by atoms with van der Waals surface area (Å²) in [7, 11) is 0. The van der Waals surface area contributed by atoms with Crippen molar-refractivity contribution in [3.8, 4) is 0 Å². The molecule has 2 rings (SSSR count). The van der Waals surface area contributed by atoms with Crippen LogP contribution in [0.2, 0.25) is 0 Å². The molecule has 2 aliphatic rings. The van der Waals surface area contributed by atoms with Crippen molar-refractivity contribution >= 4 is 0 Å². The summed E-state index contributed by atoms with van der Waals surface area (Å²) in [5.74, 6) is 6.70. The Labute approximate surface area is 111 Å². The number of morpholine rings is 1. The van der Waals surface area contributed by atoms with Gasteiger partial charge in [0.25, 0.3) is 0 Å². The van der Waals surface area contributed by atoms with E-state index in [2.05, 4.69) is 24.2 Å². The Morgan fingerprint density at radius 3 is 2.44 bits per heavy atom. The van der Waals surface area contributed by atoms with Crippen LogP contribution in [0, 0.1) is 5.92 Å². The summed E-state index contributed by atoms with van der Waals surface area (Å²) in [6, 6.07) is 0.374. The maximum atomic E-state index is 5.84. The van der Waals surface area contributed by atoms with E-state index in [0.717, 1.165) is 32.2 Å². The van der Waals surface area contributed by atoms with Gasteiger partial charge in [0.1, 0.15) is 0 Å². The highest BCUT2D eigenvalue weighted by molar-refractivity contribution is 4.95. The summed E-state index contributed by atoms with van der Waals surface area (Å²) in [4.78, 5) is 2.52. The molecule has 0 radical (unpaired) electrons. The first-order valence-corrected chi connectivity index (χ1v) is 7.43. The van der Waals surface area contributed by atoms with Crippen LogP contribution in [-0.4, -0.2) is 42.8 Å². The van der Waals surface area contributed by atoms with Crippen molar-refractivity contribution in [2.45, 2.75) is 57.5 Å². The second kappa shape index (κ2) is 6.33. The van der Waals surface area contributed by atoms with Crippen LogP contribution in [0.25, 0.3) is 0 Å². The second-order valence-electron chi connectivity index (χ2n) is 6.36. The Balaban J connectivity index is 1.94. The molecule has 0 amide bonds. The van der Waals surface area contributed by atoms with Crippen molar-refractivity contribution in [3.05, 3.63) is 0 Å². The minimum Gasteiger partial charge on any atom is -0.379 e. The van der Waals surface area contributed by atoms with Crippen molar-refractivity contribution in [2.75, 3.05) is 26.3 Å². The zero-order valence-corrected chi connectivity index (χ0v) is 12.0. The molecule has 1 aliphatic heterocycles. The molecule has 0 spiro atoms. The van der Waals surface area contributed by atoms with E-state index >= 15 is 0 Å². The lowest BCUT2D eigenvalue weighted by Crippen LogP contribution is -2.62. The fourth-order valence-corrected chi connectivity index (χ4v) is 3.50. The Bertz CT molecular complexity index is 245. The lowest BCUT2D eigenvalue weighted by atomic mass is 9.85. The first-order valence-electron chi connectivity index (χ1n) is 7.43. The monoisotopic (exact) mass is 255 g/mol. The van der Waals surface area contributed by atoms with Gasteiger partial charge >= 0.3 is 0 Å². The number of rotatable bonds is 5. The number of ether oxygens (including phenoxy) is 1. The van der Waals surface area contributed by atoms with Gasteiger partial charge in [-0.15, -0.1) is 0 Å². The topological polar surface area (TPSA) is 50.5 Å². The van der Waals surface area contributed by atoms with Gasteiger partial charge in [-0.1, -0.05) is 25.7 Å². The second-order valence-corrected chi connectivity index (χ2v) is 6.36. The normalized spacial score (nSPS) is 25.5. The molecule has 4 heteroatoms. The lowest BCUT2D eigenvalue weighted by Gasteiger charge is -2.46. The third-order valence-corrected chi connectivity index (χ3v) is 4.92. The SMILES string of the molecule is CC(C)(C(CC1CCCC1)NN)N1CCOCC1. The van der Waals surface area contributed by atoms with E-state index in [4.69, 9.17) is 10.6 Å². The van der Waals surface area contributed by atoms with Gasteiger partial charge in [0.2, 0.25) is 0 Å².